The topological polar surface area (TPSA) is 130 Å². The summed E-state index contributed by atoms with van der Waals surface area (Å²) in [5.41, 5.74) is 1.16. The minimum atomic E-state index is -1.16. The normalized spacial score (nSPS) is 15.0. The number of nitro groups is 1. The molecule has 0 radical (unpaired) electrons. The van der Waals surface area contributed by atoms with E-state index in [0.29, 0.717) is 11.3 Å². The number of non-ortho nitro benzene ring substituents is 1. The highest BCUT2D eigenvalue weighted by Gasteiger charge is 2.44. The zero-order valence-corrected chi connectivity index (χ0v) is 19.6. The van der Waals surface area contributed by atoms with Crippen molar-refractivity contribution in [2.24, 2.45) is 0 Å². The standard InChI is InChI=1S/C26H21FN4O6/c1-16(32)28-20-8-12-21(13-9-20)30-24(33)14-23(26(30)35)29(15-17-2-6-19(27)7-3-17)25(34)18-4-10-22(11-5-18)31(36)37/h2-13,23H,14-15H2,1H3,(H,28,32). The van der Waals surface area contributed by atoms with Crippen LogP contribution in [0.3, 0.4) is 0 Å². The number of anilines is 2. The first-order valence-electron chi connectivity index (χ1n) is 11.2. The molecule has 1 aliphatic rings. The van der Waals surface area contributed by atoms with E-state index in [0.717, 1.165) is 4.90 Å². The molecule has 1 aliphatic heterocycles. The van der Waals surface area contributed by atoms with E-state index in [-0.39, 0.29) is 35.8 Å². The van der Waals surface area contributed by atoms with Crippen LogP contribution in [0.15, 0.2) is 72.8 Å². The fourth-order valence-electron chi connectivity index (χ4n) is 4.03. The third kappa shape index (κ3) is 5.50. The van der Waals surface area contributed by atoms with E-state index in [2.05, 4.69) is 5.32 Å². The van der Waals surface area contributed by atoms with Crippen LogP contribution in [0.1, 0.15) is 29.3 Å². The molecule has 4 amide bonds. The summed E-state index contributed by atoms with van der Waals surface area (Å²) in [4.78, 5) is 63.7. The van der Waals surface area contributed by atoms with E-state index in [4.69, 9.17) is 0 Å². The van der Waals surface area contributed by atoms with Crippen molar-refractivity contribution in [2.45, 2.75) is 25.9 Å². The molecule has 1 N–H and O–H groups in total. The van der Waals surface area contributed by atoms with Gasteiger partial charge in [0.25, 0.3) is 17.5 Å². The minimum Gasteiger partial charge on any atom is -0.326 e. The maximum Gasteiger partial charge on any atom is 0.269 e. The number of amides is 4. The average molecular weight is 504 g/mol. The largest absolute Gasteiger partial charge is 0.326 e. The van der Waals surface area contributed by atoms with Gasteiger partial charge in [-0.2, -0.15) is 0 Å². The van der Waals surface area contributed by atoms with Crippen LogP contribution in [-0.4, -0.2) is 39.5 Å². The van der Waals surface area contributed by atoms with Crippen molar-refractivity contribution >= 4 is 40.7 Å². The number of carbonyl (C=O) groups is 4. The van der Waals surface area contributed by atoms with E-state index in [1.807, 2.05) is 0 Å². The smallest absolute Gasteiger partial charge is 0.269 e. The molecule has 0 bridgehead atoms. The van der Waals surface area contributed by atoms with Gasteiger partial charge in [-0.05, 0) is 54.1 Å². The van der Waals surface area contributed by atoms with Crippen molar-refractivity contribution in [3.8, 4) is 0 Å². The molecule has 1 heterocycles. The van der Waals surface area contributed by atoms with E-state index in [1.54, 1.807) is 12.1 Å². The summed E-state index contributed by atoms with van der Waals surface area (Å²) < 4.78 is 13.4. The summed E-state index contributed by atoms with van der Waals surface area (Å²) in [6.07, 6.45) is -0.286. The average Bonchev–Trinajstić information content (AvgIpc) is 3.17. The molecule has 3 aromatic rings. The Morgan fingerprint density at radius 3 is 2.22 bits per heavy atom. The second-order valence-corrected chi connectivity index (χ2v) is 8.38. The first kappa shape index (κ1) is 25.2. The van der Waals surface area contributed by atoms with Crippen molar-refractivity contribution in [1.82, 2.24) is 4.90 Å². The number of nitro benzene ring substituents is 1. The molecular formula is C26H21FN4O6. The Morgan fingerprint density at radius 2 is 1.65 bits per heavy atom. The molecule has 3 aromatic carbocycles. The Hall–Kier alpha value is -4.93. The van der Waals surface area contributed by atoms with Crippen molar-refractivity contribution in [3.05, 3.63) is 99.9 Å². The summed E-state index contributed by atoms with van der Waals surface area (Å²) in [6, 6.07) is 15.2. The van der Waals surface area contributed by atoms with E-state index in [9.17, 15) is 33.7 Å². The summed E-state index contributed by atoms with van der Waals surface area (Å²) in [5.74, 6) is -2.52. The highest BCUT2D eigenvalue weighted by molar-refractivity contribution is 6.23. The van der Waals surface area contributed by atoms with E-state index < -0.39 is 34.5 Å². The lowest BCUT2D eigenvalue weighted by molar-refractivity contribution is -0.384. The maximum atomic E-state index is 13.5. The van der Waals surface area contributed by atoms with Gasteiger partial charge in [0.15, 0.2) is 0 Å². The Morgan fingerprint density at radius 1 is 1.03 bits per heavy atom. The van der Waals surface area contributed by atoms with Crippen molar-refractivity contribution in [3.63, 3.8) is 0 Å². The molecule has 1 saturated heterocycles. The van der Waals surface area contributed by atoms with Crippen LogP contribution in [-0.2, 0) is 20.9 Å². The van der Waals surface area contributed by atoms with E-state index in [1.165, 1.54) is 72.5 Å². The van der Waals surface area contributed by atoms with Crippen LogP contribution in [0.2, 0.25) is 0 Å². The molecule has 1 fully saturated rings. The quantitative estimate of drug-likeness (QED) is 0.297. The Kier molecular flexibility index (Phi) is 7.05. The molecule has 1 atom stereocenters. The number of imide groups is 1. The van der Waals surface area contributed by atoms with Crippen LogP contribution in [0.4, 0.5) is 21.5 Å². The van der Waals surface area contributed by atoms with Gasteiger partial charge >= 0.3 is 0 Å². The number of carbonyl (C=O) groups excluding carboxylic acids is 4. The molecule has 0 saturated carbocycles. The van der Waals surface area contributed by atoms with Crippen molar-refractivity contribution in [2.75, 3.05) is 10.2 Å². The molecule has 37 heavy (non-hydrogen) atoms. The molecule has 0 aromatic heterocycles. The van der Waals surface area contributed by atoms with Crippen LogP contribution in [0.25, 0.3) is 0 Å². The molecule has 0 spiro atoms. The number of halogens is 1. The maximum absolute atomic E-state index is 13.5. The number of nitrogens with one attached hydrogen (secondary N) is 1. The van der Waals surface area contributed by atoms with Crippen molar-refractivity contribution < 1.29 is 28.5 Å². The third-order valence-electron chi connectivity index (χ3n) is 5.80. The van der Waals surface area contributed by atoms with Gasteiger partial charge in [-0.15, -0.1) is 0 Å². The SMILES string of the molecule is CC(=O)Nc1ccc(N2C(=O)CC(N(Cc3ccc(F)cc3)C(=O)c3ccc([N+](=O)[O-])cc3)C2=O)cc1. The summed E-state index contributed by atoms with van der Waals surface area (Å²) in [6.45, 7) is 1.25. The number of rotatable bonds is 7. The predicted molar refractivity (Wildman–Crippen MR) is 131 cm³/mol. The number of nitrogens with zero attached hydrogens (tertiary/aromatic N) is 3. The second kappa shape index (κ2) is 10.4. The van der Waals surface area contributed by atoms with Gasteiger partial charge in [0.2, 0.25) is 11.8 Å². The number of hydrogen-bond acceptors (Lipinski definition) is 6. The van der Waals surface area contributed by atoms with Gasteiger partial charge in [-0.25, -0.2) is 9.29 Å². The van der Waals surface area contributed by atoms with Crippen molar-refractivity contribution in [1.29, 1.82) is 0 Å². The van der Waals surface area contributed by atoms with Gasteiger partial charge in [0.05, 0.1) is 17.0 Å². The molecule has 188 valence electrons. The molecule has 4 rings (SSSR count). The van der Waals surface area contributed by atoms with Crippen LogP contribution in [0, 0.1) is 15.9 Å². The Bertz CT molecular complexity index is 1370. The first-order valence-corrected chi connectivity index (χ1v) is 11.2. The second-order valence-electron chi connectivity index (χ2n) is 8.38. The zero-order chi connectivity index (χ0) is 26.7. The highest BCUT2D eigenvalue weighted by Crippen LogP contribution is 2.29. The molecule has 11 heteroatoms. The monoisotopic (exact) mass is 504 g/mol. The predicted octanol–water partition coefficient (Wildman–Crippen LogP) is 3.67. The lowest BCUT2D eigenvalue weighted by Crippen LogP contribution is -2.45. The summed E-state index contributed by atoms with van der Waals surface area (Å²) in [5, 5.41) is 13.6. The highest BCUT2D eigenvalue weighted by atomic mass is 19.1. The fraction of sp³-hybridized carbons (Fsp3) is 0.154. The van der Waals surface area contributed by atoms with Gasteiger partial charge in [-0.1, -0.05) is 12.1 Å². The van der Waals surface area contributed by atoms with Gasteiger partial charge in [0.1, 0.15) is 11.9 Å². The molecule has 10 nitrogen and oxygen atoms in total. The summed E-state index contributed by atoms with van der Waals surface area (Å²) in [7, 11) is 0. The zero-order valence-electron chi connectivity index (χ0n) is 19.6. The first-order chi connectivity index (χ1) is 17.6. The van der Waals surface area contributed by atoms with Crippen LogP contribution in [0.5, 0.6) is 0 Å². The molecular weight excluding hydrogens is 483 g/mol. The summed E-state index contributed by atoms with van der Waals surface area (Å²) >= 11 is 0. The molecule has 1 unspecified atom stereocenters. The number of hydrogen-bond donors (Lipinski definition) is 1. The number of benzene rings is 3. The Labute approximate surface area is 210 Å². The fourth-order valence-corrected chi connectivity index (χ4v) is 4.03. The van der Waals surface area contributed by atoms with E-state index >= 15 is 0 Å². The van der Waals surface area contributed by atoms with Gasteiger partial charge < -0.3 is 10.2 Å². The van der Waals surface area contributed by atoms with Crippen LogP contribution >= 0.6 is 0 Å². The Balaban J connectivity index is 1.65. The third-order valence-corrected chi connectivity index (χ3v) is 5.80. The lowest BCUT2D eigenvalue weighted by Gasteiger charge is -2.28. The van der Waals surface area contributed by atoms with Crippen LogP contribution < -0.4 is 10.2 Å². The van der Waals surface area contributed by atoms with Gasteiger partial charge in [-0.3, -0.25) is 29.3 Å². The lowest BCUT2D eigenvalue weighted by atomic mass is 10.1. The minimum absolute atomic E-state index is 0.0890. The molecule has 0 aliphatic carbocycles. The van der Waals surface area contributed by atoms with Gasteiger partial charge in [0, 0.05) is 36.9 Å².